The van der Waals surface area contributed by atoms with Crippen LogP contribution >= 0.6 is 0 Å². The standard InChI is InChI=1S/C16H22N4/c1-11-4-2-3-5-12(11)9-18-16-14-8-13(17)6-7-15(14)19-10-20-16/h6-8,10-12H,2-5,9,17H2,1H3,(H,18,19,20). The van der Waals surface area contributed by atoms with E-state index in [-0.39, 0.29) is 0 Å². The zero-order valence-electron chi connectivity index (χ0n) is 12.0. The monoisotopic (exact) mass is 270 g/mol. The molecule has 2 atom stereocenters. The van der Waals surface area contributed by atoms with E-state index in [1.54, 1.807) is 6.33 Å². The number of nitrogen functional groups attached to an aromatic ring is 1. The Bertz CT molecular complexity index is 596. The van der Waals surface area contributed by atoms with Crippen LogP contribution in [0, 0.1) is 11.8 Å². The highest BCUT2D eigenvalue weighted by molar-refractivity contribution is 5.91. The summed E-state index contributed by atoms with van der Waals surface area (Å²) in [6.45, 7) is 3.35. The minimum Gasteiger partial charge on any atom is -0.399 e. The van der Waals surface area contributed by atoms with Crippen LogP contribution in [0.15, 0.2) is 24.5 Å². The number of anilines is 2. The molecule has 0 spiro atoms. The normalized spacial score (nSPS) is 22.9. The summed E-state index contributed by atoms with van der Waals surface area (Å²) in [4.78, 5) is 8.67. The quantitative estimate of drug-likeness (QED) is 0.838. The number of hydrogen-bond acceptors (Lipinski definition) is 4. The van der Waals surface area contributed by atoms with Crippen molar-refractivity contribution in [2.24, 2.45) is 11.8 Å². The Morgan fingerprint density at radius 1 is 1.25 bits per heavy atom. The van der Waals surface area contributed by atoms with Gasteiger partial charge in [-0.15, -0.1) is 0 Å². The van der Waals surface area contributed by atoms with Crippen LogP contribution in [-0.2, 0) is 0 Å². The Morgan fingerprint density at radius 2 is 2.10 bits per heavy atom. The molecule has 1 aliphatic carbocycles. The van der Waals surface area contributed by atoms with E-state index in [2.05, 4.69) is 22.2 Å². The third-order valence-electron chi connectivity index (χ3n) is 4.48. The zero-order valence-corrected chi connectivity index (χ0v) is 12.0. The van der Waals surface area contributed by atoms with E-state index in [0.29, 0.717) is 0 Å². The van der Waals surface area contributed by atoms with Gasteiger partial charge < -0.3 is 11.1 Å². The second-order valence-electron chi connectivity index (χ2n) is 5.90. The lowest BCUT2D eigenvalue weighted by Gasteiger charge is -2.29. The summed E-state index contributed by atoms with van der Waals surface area (Å²) in [5, 5.41) is 4.52. The lowest BCUT2D eigenvalue weighted by Crippen LogP contribution is -2.24. The maximum absolute atomic E-state index is 5.87. The highest BCUT2D eigenvalue weighted by Crippen LogP contribution is 2.30. The topological polar surface area (TPSA) is 63.8 Å². The molecule has 1 fully saturated rings. The number of benzene rings is 1. The van der Waals surface area contributed by atoms with Gasteiger partial charge in [0.1, 0.15) is 12.1 Å². The van der Waals surface area contributed by atoms with Crippen molar-refractivity contribution in [2.75, 3.05) is 17.6 Å². The van der Waals surface area contributed by atoms with Gasteiger partial charge in [0.25, 0.3) is 0 Å². The van der Waals surface area contributed by atoms with Crippen molar-refractivity contribution >= 4 is 22.4 Å². The van der Waals surface area contributed by atoms with Gasteiger partial charge in [-0.2, -0.15) is 0 Å². The average molecular weight is 270 g/mol. The van der Waals surface area contributed by atoms with Gasteiger partial charge in [0.15, 0.2) is 0 Å². The van der Waals surface area contributed by atoms with E-state index < -0.39 is 0 Å². The number of hydrogen-bond donors (Lipinski definition) is 2. The number of rotatable bonds is 3. The van der Waals surface area contributed by atoms with Gasteiger partial charge in [0, 0.05) is 17.6 Å². The second-order valence-corrected chi connectivity index (χ2v) is 5.90. The summed E-state index contributed by atoms with van der Waals surface area (Å²) in [5.74, 6) is 2.45. The SMILES string of the molecule is CC1CCCCC1CNc1ncnc2ccc(N)cc12. The third kappa shape index (κ3) is 2.69. The number of nitrogens with zero attached hydrogens (tertiary/aromatic N) is 2. The van der Waals surface area contributed by atoms with E-state index in [1.807, 2.05) is 18.2 Å². The van der Waals surface area contributed by atoms with Gasteiger partial charge in [-0.05, 0) is 36.5 Å². The maximum Gasteiger partial charge on any atom is 0.137 e. The molecule has 2 unspecified atom stereocenters. The molecule has 0 radical (unpaired) electrons. The largest absolute Gasteiger partial charge is 0.399 e. The molecule has 20 heavy (non-hydrogen) atoms. The minimum absolute atomic E-state index is 0.745. The van der Waals surface area contributed by atoms with Crippen molar-refractivity contribution in [1.29, 1.82) is 0 Å². The first-order chi connectivity index (χ1) is 9.74. The second kappa shape index (κ2) is 5.65. The molecule has 4 heteroatoms. The highest BCUT2D eigenvalue weighted by atomic mass is 15.0. The van der Waals surface area contributed by atoms with Crippen molar-refractivity contribution < 1.29 is 0 Å². The smallest absolute Gasteiger partial charge is 0.137 e. The summed E-state index contributed by atoms with van der Waals surface area (Å²) in [5.41, 5.74) is 7.56. The van der Waals surface area contributed by atoms with Gasteiger partial charge in [0.05, 0.1) is 5.52 Å². The van der Waals surface area contributed by atoms with Crippen LogP contribution in [0.1, 0.15) is 32.6 Å². The Hall–Kier alpha value is -1.84. The van der Waals surface area contributed by atoms with Crippen molar-refractivity contribution in [3.8, 4) is 0 Å². The van der Waals surface area contributed by atoms with Gasteiger partial charge in [-0.25, -0.2) is 9.97 Å². The Kier molecular flexibility index (Phi) is 3.72. The Labute approximate surface area is 119 Å². The van der Waals surface area contributed by atoms with Crippen molar-refractivity contribution in [2.45, 2.75) is 32.6 Å². The molecule has 1 aromatic carbocycles. The van der Waals surface area contributed by atoms with Crippen LogP contribution in [-0.4, -0.2) is 16.5 Å². The van der Waals surface area contributed by atoms with Crippen LogP contribution in [0.5, 0.6) is 0 Å². The predicted molar refractivity (Wildman–Crippen MR) is 83.6 cm³/mol. The van der Waals surface area contributed by atoms with E-state index in [4.69, 9.17) is 5.73 Å². The number of aromatic nitrogens is 2. The number of fused-ring (bicyclic) bond motifs is 1. The van der Waals surface area contributed by atoms with E-state index in [1.165, 1.54) is 25.7 Å². The van der Waals surface area contributed by atoms with Crippen LogP contribution in [0.3, 0.4) is 0 Å². The molecule has 0 saturated heterocycles. The maximum atomic E-state index is 5.87. The molecular weight excluding hydrogens is 248 g/mol. The molecule has 1 aromatic heterocycles. The van der Waals surface area contributed by atoms with Crippen LogP contribution < -0.4 is 11.1 Å². The fourth-order valence-corrected chi connectivity index (χ4v) is 3.14. The summed E-state index contributed by atoms with van der Waals surface area (Å²) in [6, 6.07) is 5.77. The molecule has 4 nitrogen and oxygen atoms in total. The lowest BCUT2D eigenvalue weighted by molar-refractivity contribution is 0.268. The molecule has 106 valence electrons. The van der Waals surface area contributed by atoms with Gasteiger partial charge >= 0.3 is 0 Å². The molecule has 0 aliphatic heterocycles. The first-order valence-corrected chi connectivity index (χ1v) is 7.48. The minimum atomic E-state index is 0.745. The first kappa shape index (κ1) is 13.2. The summed E-state index contributed by atoms with van der Waals surface area (Å²) < 4.78 is 0. The van der Waals surface area contributed by atoms with E-state index >= 15 is 0 Å². The van der Waals surface area contributed by atoms with Crippen LogP contribution in [0.2, 0.25) is 0 Å². The molecule has 0 amide bonds. The number of nitrogens with one attached hydrogen (secondary N) is 1. The molecular formula is C16H22N4. The fourth-order valence-electron chi connectivity index (χ4n) is 3.14. The molecule has 1 saturated carbocycles. The van der Waals surface area contributed by atoms with Crippen LogP contribution in [0.25, 0.3) is 10.9 Å². The van der Waals surface area contributed by atoms with E-state index in [9.17, 15) is 0 Å². The highest BCUT2D eigenvalue weighted by Gasteiger charge is 2.21. The molecule has 2 aromatic rings. The summed E-state index contributed by atoms with van der Waals surface area (Å²) in [7, 11) is 0. The average Bonchev–Trinajstić information content (AvgIpc) is 2.46. The third-order valence-corrected chi connectivity index (χ3v) is 4.48. The van der Waals surface area contributed by atoms with Gasteiger partial charge in [-0.1, -0.05) is 26.2 Å². The number of nitrogens with two attached hydrogens (primary N) is 1. The first-order valence-electron chi connectivity index (χ1n) is 7.48. The summed E-state index contributed by atoms with van der Waals surface area (Å²) in [6.07, 6.45) is 7.02. The lowest BCUT2D eigenvalue weighted by atomic mass is 9.80. The Balaban J connectivity index is 1.78. The van der Waals surface area contributed by atoms with Crippen molar-refractivity contribution in [3.05, 3.63) is 24.5 Å². The fraction of sp³-hybridized carbons (Fsp3) is 0.500. The predicted octanol–water partition coefficient (Wildman–Crippen LogP) is 3.45. The van der Waals surface area contributed by atoms with Crippen molar-refractivity contribution in [1.82, 2.24) is 9.97 Å². The van der Waals surface area contributed by atoms with E-state index in [0.717, 1.165) is 40.8 Å². The molecule has 3 N–H and O–H groups in total. The zero-order chi connectivity index (χ0) is 13.9. The summed E-state index contributed by atoms with van der Waals surface area (Å²) >= 11 is 0. The van der Waals surface area contributed by atoms with Crippen LogP contribution in [0.4, 0.5) is 11.5 Å². The van der Waals surface area contributed by atoms with Crippen molar-refractivity contribution in [3.63, 3.8) is 0 Å². The molecule has 1 aliphatic rings. The Morgan fingerprint density at radius 3 is 2.95 bits per heavy atom. The van der Waals surface area contributed by atoms with Gasteiger partial charge in [-0.3, -0.25) is 0 Å². The molecule has 1 heterocycles. The molecule has 3 rings (SSSR count). The van der Waals surface area contributed by atoms with Gasteiger partial charge in [0.2, 0.25) is 0 Å². The molecule has 0 bridgehead atoms.